The predicted octanol–water partition coefficient (Wildman–Crippen LogP) is 6.14. The average Bonchev–Trinajstić information content (AvgIpc) is 3.29. The minimum atomic E-state index is -3.39. The highest BCUT2D eigenvalue weighted by Crippen LogP contribution is 2.45. The van der Waals surface area contributed by atoms with Crippen LogP contribution in [0.3, 0.4) is 0 Å². The van der Waals surface area contributed by atoms with E-state index in [-0.39, 0.29) is 12.3 Å². The number of piperidine rings is 1. The van der Waals surface area contributed by atoms with E-state index in [1.165, 1.54) is 29.4 Å². The second-order valence-electron chi connectivity index (χ2n) is 11.0. The molecule has 0 bridgehead atoms. The van der Waals surface area contributed by atoms with E-state index in [1.807, 2.05) is 6.92 Å². The standard InChI is InChI=1S/C29H40N2O4S/c1-20(16-29(32)33)15-22-8-6-9-23(17-22)24-10-11-25(18-24)26-12-13-28(27(19-26)30-36(3,34)35)31-14-5-4-7-21(31)2/h6,8-9,12-13,17,19-21,24-25,30H,4-5,7,10-11,14-16,18H2,1-3H3,(H,32,33). The molecule has 36 heavy (non-hydrogen) atoms. The molecular formula is C29H40N2O4S. The van der Waals surface area contributed by atoms with Crippen LogP contribution in [0.5, 0.6) is 0 Å². The van der Waals surface area contributed by atoms with E-state index in [0.29, 0.717) is 23.6 Å². The molecule has 1 aliphatic carbocycles. The van der Waals surface area contributed by atoms with Crippen LogP contribution in [0.4, 0.5) is 11.4 Å². The third kappa shape index (κ3) is 6.81. The summed E-state index contributed by atoms with van der Waals surface area (Å²) in [4.78, 5) is 13.4. The van der Waals surface area contributed by atoms with Crippen LogP contribution < -0.4 is 9.62 Å². The lowest BCUT2D eigenvalue weighted by molar-refractivity contribution is -0.137. The highest BCUT2D eigenvalue weighted by atomic mass is 32.2. The van der Waals surface area contributed by atoms with Crippen molar-refractivity contribution >= 4 is 27.4 Å². The van der Waals surface area contributed by atoms with Crippen molar-refractivity contribution in [1.82, 2.24) is 0 Å². The second kappa shape index (κ2) is 11.2. The molecule has 1 heterocycles. The molecule has 1 aliphatic heterocycles. The van der Waals surface area contributed by atoms with Gasteiger partial charge in [-0.2, -0.15) is 0 Å². The van der Waals surface area contributed by atoms with Gasteiger partial charge in [-0.3, -0.25) is 9.52 Å². The van der Waals surface area contributed by atoms with Gasteiger partial charge in [-0.25, -0.2) is 8.42 Å². The van der Waals surface area contributed by atoms with Crippen LogP contribution in [-0.4, -0.2) is 38.3 Å². The fourth-order valence-electron chi connectivity index (χ4n) is 6.13. The molecular weight excluding hydrogens is 472 g/mol. The van der Waals surface area contributed by atoms with Crippen LogP contribution in [0.1, 0.15) is 87.3 Å². The molecule has 2 aliphatic rings. The van der Waals surface area contributed by atoms with Crippen molar-refractivity contribution < 1.29 is 18.3 Å². The fraction of sp³-hybridized carbons (Fsp3) is 0.552. The van der Waals surface area contributed by atoms with E-state index in [0.717, 1.165) is 50.8 Å². The van der Waals surface area contributed by atoms with Gasteiger partial charge in [0.2, 0.25) is 10.0 Å². The number of rotatable bonds is 9. The molecule has 7 heteroatoms. The molecule has 1 saturated heterocycles. The SMILES string of the molecule is CC(CC(=O)O)Cc1cccc(C2CCC(c3ccc(N4CCCCC4C)c(NS(C)(=O)=O)c3)C2)c1. The number of carboxylic acid groups (broad SMARTS) is 1. The van der Waals surface area contributed by atoms with Crippen molar-refractivity contribution in [3.63, 3.8) is 0 Å². The largest absolute Gasteiger partial charge is 0.481 e. The number of carboxylic acids is 1. The molecule has 0 amide bonds. The summed E-state index contributed by atoms with van der Waals surface area (Å²) in [6, 6.07) is 15.4. The highest BCUT2D eigenvalue weighted by Gasteiger charge is 2.29. The first-order chi connectivity index (χ1) is 17.1. The molecule has 196 valence electrons. The van der Waals surface area contributed by atoms with Crippen LogP contribution in [0.2, 0.25) is 0 Å². The Kier molecular flexibility index (Phi) is 8.28. The van der Waals surface area contributed by atoms with Crippen molar-refractivity contribution in [3.05, 3.63) is 59.2 Å². The molecule has 0 radical (unpaired) electrons. The van der Waals surface area contributed by atoms with E-state index >= 15 is 0 Å². The molecule has 2 N–H and O–H groups in total. The summed E-state index contributed by atoms with van der Waals surface area (Å²) < 4.78 is 27.2. The first-order valence-electron chi connectivity index (χ1n) is 13.3. The Hall–Kier alpha value is -2.54. The molecule has 2 aromatic carbocycles. The summed E-state index contributed by atoms with van der Waals surface area (Å²) in [7, 11) is -3.39. The van der Waals surface area contributed by atoms with Gasteiger partial charge in [-0.05, 0) is 98.4 Å². The Morgan fingerprint density at radius 1 is 1.08 bits per heavy atom. The van der Waals surface area contributed by atoms with E-state index in [2.05, 4.69) is 59.0 Å². The monoisotopic (exact) mass is 512 g/mol. The van der Waals surface area contributed by atoms with Gasteiger partial charge in [0.05, 0.1) is 17.6 Å². The van der Waals surface area contributed by atoms with Crippen LogP contribution in [-0.2, 0) is 21.2 Å². The summed E-state index contributed by atoms with van der Waals surface area (Å²) in [6.45, 7) is 5.16. The number of aliphatic carboxylic acids is 1. The first kappa shape index (κ1) is 26.5. The van der Waals surface area contributed by atoms with Gasteiger partial charge < -0.3 is 10.0 Å². The lowest BCUT2D eigenvalue weighted by Crippen LogP contribution is -2.38. The highest BCUT2D eigenvalue weighted by molar-refractivity contribution is 7.92. The Morgan fingerprint density at radius 3 is 2.47 bits per heavy atom. The van der Waals surface area contributed by atoms with Crippen molar-refractivity contribution in [1.29, 1.82) is 0 Å². The van der Waals surface area contributed by atoms with Crippen LogP contribution in [0.15, 0.2) is 42.5 Å². The van der Waals surface area contributed by atoms with Crippen molar-refractivity contribution in [3.8, 4) is 0 Å². The number of nitrogens with zero attached hydrogens (tertiary/aromatic N) is 1. The van der Waals surface area contributed by atoms with Gasteiger partial charge in [0.1, 0.15) is 0 Å². The van der Waals surface area contributed by atoms with Gasteiger partial charge in [-0.15, -0.1) is 0 Å². The summed E-state index contributed by atoms with van der Waals surface area (Å²) in [6.07, 6.45) is 8.85. The molecule has 2 fully saturated rings. The molecule has 0 aromatic heterocycles. The number of hydrogen-bond donors (Lipinski definition) is 2. The van der Waals surface area contributed by atoms with Gasteiger partial charge >= 0.3 is 5.97 Å². The summed E-state index contributed by atoms with van der Waals surface area (Å²) in [5.74, 6) is 0.203. The quantitative estimate of drug-likeness (QED) is 0.421. The lowest BCUT2D eigenvalue weighted by atomic mass is 9.90. The smallest absolute Gasteiger partial charge is 0.303 e. The molecule has 1 saturated carbocycles. The topological polar surface area (TPSA) is 86.7 Å². The Bertz CT molecular complexity index is 1180. The number of hydrogen-bond acceptors (Lipinski definition) is 4. The maximum Gasteiger partial charge on any atom is 0.303 e. The van der Waals surface area contributed by atoms with Gasteiger partial charge in [0, 0.05) is 19.0 Å². The molecule has 6 nitrogen and oxygen atoms in total. The number of carbonyl (C=O) groups is 1. The van der Waals surface area contributed by atoms with Crippen molar-refractivity contribution in [2.24, 2.45) is 5.92 Å². The minimum Gasteiger partial charge on any atom is -0.481 e. The van der Waals surface area contributed by atoms with Crippen molar-refractivity contribution in [2.75, 3.05) is 22.4 Å². The van der Waals surface area contributed by atoms with E-state index < -0.39 is 16.0 Å². The fourth-order valence-corrected chi connectivity index (χ4v) is 6.69. The predicted molar refractivity (Wildman–Crippen MR) is 146 cm³/mol. The van der Waals surface area contributed by atoms with Crippen LogP contribution >= 0.6 is 0 Å². The lowest BCUT2D eigenvalue weighted by Gasteiger charge is -2.37. The second-order valence-corrected chi connectivity index (χ2v) is 12.8. The maximum atomic E-state index is 12.2. The third-order valence-corrected chi connectivity index (χ3v) is 8.45. The summed E-state index contributed by atoms with van der Waals surface area (Å²) in [5.41, 5.74) is 5.40. The van der Waals surface area contributed by atoms with Crippen LogP contribution in [0, 0.1) is 5.92 Å². The molecule has 0 spiro atoms. The maximum absolute atomic E-state index is 12.2. The number of sulfonamides is 1. The van der Waals surface area contributed by atoms with E-state index in [4.69, 9.17) is 5.11 Å². The number of benzene rings is 2. The molecule has 4 atom stereocenters. The summed E-state index contributed by atoms with van der Waals surface area (Å²) in [5, 5.41) is 9.07. The molecule has 4 rings (SSSR count). The molecule has 4 unspecified atom stereocenters. The average molecular weight is 513 g/mol. The van der Waals surface area contributed by atoms with E-state index in [1.54, 1.807) is 0 Å². The Labute approximate surface area is 216 Å². The zero-order valence-electron chi connectivity index (χ0n) is 21.7. The summed E-state index contributed by atoms with van der Waals surface area (Å²) >= 11 is 0. The number of nitrogens with one attached hydrogen (secondary N) is 1. The van der Waals surface area contributed by atoms with Crippen LogP contribution in [0.25, 0.3) is 0 Å². The van der Waals surface area contributed by atoms with Gasteiger partial charge in [-0.1, -0.05) is 37.3 Å². The third-order valence-electron chi connectivity index (χ3n) is 7.86. The zero-order chi connectivity index (χ0) is 25.9. The first-order valence-corrected chi connectivity index (χ1v) is 15.2. The molecule has 2 aromatic rings. The normalized spacial score (nSPS) is 23.4. The van der Waals surface area contributed by atoms with Gasteiger partial charge in [0.25, 0.3) is 0 Å². The van der Waals surface area contributed by atoms with Gasteiger partial charge in [0.15, 0.2) is 0 Å². The van der Waals surface area contributed by atoms with E-state index in [9.17, 15) is 13.2 Å². The van der Waals surface area contributed by atoms with Crippen molar-refractivity contribution in [2.45, 2.75) is 83.1 Å². The minimum absolute atomic E-state index is 0.107. The number of anilines is 2. The Balaban J connectivity index is 1.51. The Morgan fingerprint density at radius 2 is 1.81 bits per heavy atom. The zero-order valence-corrected chi connectivity index (χ0v) is 22.6.